The molecule has 2 nitrogen and oxygen atoms in total. The highest BCUT2D eigenvalue weighted by molar-refractivity contribution is 5.85. The first-order chi connectivity index (χ1) is 8.84. The van der Waals surface area contributed by atoms with Gasteiger partial charge in [-0.15, -0.1) is 0 Å². The molecule has 0 aromatic heterocycles. The molecule has 1 aliphatic rings. The van der Waals surface area contributed by atoms with Crippen molar-refractivity contribution < 1.29 is 0 Å². The maximum Gasteiger partial charge on any atom is 0.0411 e. The summed E-state index contributed by atoms with van der Waals surface area (Å²) in [4.78, 5) is 2.42. The number of nitrogens with zero attached hydrogens (tertiary/aromatic N) is 1. The van der Waals surface area contributed by atoms with E-state index in [9.17, 15) is 0 Å². The molecular formula is C16H20N2. The van der Waals surface area contributed by atoms with Crippen LogP contribution in [0.5, 0.6) is 0 Å². The molecule has 0 bridgehead atoms. The zero-order chi connectivity index (χ0) is 12.4. The second kappa shape index (κ2) is 4.99. The molecule has 1 N–H and O–H groups in total. The lowest BCUT2D eigenvalue weighted by Crippen LogP contribution is -2.44. The average Bonchev–Trinajstić information content (AvgIpc) is 2.47. The molecule has 3 rings (SSSR count). The van der Waals surface area contributed by atoms with Crippen LogP contribution in [0.4, 0.5) is 5.69 Å². The number of nitrogens with one attached hydrogen (secondary N) is 1. The summed E-state index contributed by atoms with van der Waals surface area (Å²) in [6.07, 6.45) is 2.57. The fourth-order valence-corrected chi connectivity index (χ4v) is 2.77. The summed E-state index contributed by atoms with van der Waals surface area (Å²) in [6, 6.07) is 15.9. The van der Waals surface area contributed by atoms with Crippen molar-refractivity contribution in [3.05, 3.63) is 42.5 Å². The van der Waals surface area contributed by atoms with Crippen LogP contribution in [-0.2, 0) is 0 Å². The summed E-state index contributed by atoms with van der Waals surface area (Å²) >= 11 is 0. The molecule has 1 fully saturated rings. The Labute approximate surface area is 109 Å². The van der Waals surface area contributed by atoms with Crippen molar-refractivity contribution in [2.24, 2.45) is 0 Å². The molecule has 94 valence electrons. The van der Waals surface area contributed by atoms with Gasteiger partial charge in [0.2, 0.25) is 0 Å². The van der Waals surface area contributed by atoms with Gasteiger partial charge in [0.1, 0.15) is 0 Å². The predicted molar refractivity (Wildman–Crippen MR) is 78.2 cm³/mol. The predicted octanol–water partition coefficient (Wildman–Crippen LogP) is 3.03. The van der Waals surface area contributed by atoms with Crippen molar-refractivity contribution in [3.63, 3.8) is 0 Å². The number of hydrogen-bond acceptors (Lipinski definition) is 2. The maximum atomic E-state index is 3.48. The molecule has 2 aromatic rings. The van der Waals surface area contributed by atoms with E-state index in [1.807, 2.05) is 0 Å². The van der Waals surface area contributed by atoms with Gasteiger partial charge >= 0.3 is 0 Å². The highest BCUT2D eigenvalue weighted by Crippen LogP contribution is 2.24. The number of likely N-dealkylation sites (N-methyl/N-ethyl adjacent to an activating group) is 1. The van der Waals surface area contributed by atoms with Crippen LogP contribution >= 0.6 is 0 Å². The molecule has 1 atom stereocenters. The zero-order valence-electron chi connectivity index (χ0n) is 10.9. The molecule has 0 aliphatic carbocycles. The Balaban J connectivity index is 1.88. The summed E-state index contributed by atoms with van der Waals surface area (Å²) in [5, 5.41) is 6.12. The third-order valence-corrected chi connectivity index (χ3v) is 3.96. The highest BCUT2D eigenvalue weighted by Gasteiger charge is 2.17. The van der Waals surface area contributed by atoms with Gasteiger partial charge in [-0.1, -0.05) is 30.3 Å². The molecular weight excluding hydrogens is 220 g/mol. The quantitative estimate of drug-likeness (QED) is 0.868. The van der Waals surface area contributed by atoms with E-state index in [1.54, 1.807) is 0 Å². The number of hydrogen-bond donors (Lipinski definition) is 1. The Morgan fingerprint density at radius 1 is 1.11 bits per heavy atom. The Bertz CT molecular complexity index is 529. The van der Waals surface area contributed by atoms with Crippen molar-refractivity contribution in [1.82, 2.24) is 5.32 Å². The second-order valence-electron chi connectivity index (χ2n) is 5.14. The van der Waals surface area contributed by atoms with Crippen molar-refractivity contribution in [2.45, 2.75) is 18.9 Å². The number of fused-ring (bicyclic) bond motifs is 1. The van der Waals surface area contributed by atoms with E-state index in [0.717, 1.165) is 6.54 Å². The molecule has 0 spiro atoms. The molecule has 1 unspecified atom stereocenters. The molecule has 0 amide bonds. The van der Waals surface area contributed by atoms with Crippen LogP contribution in [0.25, 0.3) is 10.8 Å². The average molecular weight is 240 g/mol. The summed E-state index contributed by atoms with van der Waals surface area (Å²) in [5.74, 6) is 0. The van der Waals surface area contributed by atoms with Crippen LogP contribution in [0.1, 0.15) is 12.8 Å². The smallest absolute Gasteiger partial charge is 0.0411 e. The van der Waals surface area contributed by atoms with Crippen LogP contribution < -0.4 is 10.2 Å². The Morgan fingerprint density at radius 2 is 1.94 bits per heavy atom. The lowest BCUT2D eigenvalue weighted by Gasteiger charge is -2.33. The van der Waals surface area contributed by atoms with E-state index in [1.165, 1.54) is 35.8 Å². The van der Waals surface area contributed by atoms with E-state index >= 15 is 0 Å². The third kappa shape index (κ3) is 2.21. The van der Waals surface area contributed by atoms with E-state index in [4.69, 9.17) is 0 Å². The Hall–Kier alpha value is -1.54. The highest BCUT2D eigenvalue weighted by atomic mass is 15.2. The lowest BCUT2D eigenvalue weighted by molar-refractivity contribution is 0.445. The normalized spacial score (nSPS) is 19.9. The van der Waals surface area contributed by atoms with Crippen molar-refractivity contribution in [3.8, 4) is 0 Å². The SMILES string of the molecule is CN(c1ccc2ccccc2c1)C1CCCNC1. The molecule has 1 saturated heterocycles. The first kappa shape index (κ1) is 11.5. The van der Waals surface area contributed by atoms with Crippen LogP contribution in [0.15, 0.2) is 42.5 Å². The third-order valence-electron chi connectivity index (χ3n) is 3.96. The summed E-state index contributed by atoms with van der Waals surface area (Å²) in [6.45, 7) is 2.27. The molecule has 2 aromatic carbocycles. The number of piperidine rings is 1. The van der Waals surface area contributed by atoms with Gasteiger partial charge < -0.3 is 10.2 Å². The fourth-order valence-electron chi connectivity index (χ4n) is 2.77. The van der Waals surface area contributed by atoms with Gasteiger partial charge in [0.05, 0.1) is 0 Å². The number of anilines is 1. The van der Waals surface area contributed by atoms with E-state index in [-0.39, 0.29) is 0 Å². The van der Waals surface area contributed by atoms with E-state index in [2.05, 4.69) is 59.7 Å². The fraction of sp³-hybridized carbons (Fsp3) is 0.375. The monoisotopic (exact) mass is 240 g/mol. The van der Waals surface area contributed by atoms with Crippen molar-refractivity contribution in [2.75, 3.05) is 25.0 Å². The summed E-state index contributed by atoms with van der Waals surface area (Å²) in [5.41, 5.74) is 1.32. The van der Waals surface area contributed by atoms with Gasteiger partial charge in [-0.3, -0.25) is 0 Å². The Kier molecular flexibility index (Phi) is 3.20. The van der Waals surface area contributed by atoms with Crippen LogP contribution in [0.3, 0.4) is 0 Å². The standard InChI is InChI=1S/C16H20N2/c1-18(16-7-4-10-17-12-16)15-9-8-13-5-2-3-6-14(13)11-15/h2-3,5-6,8-9,11,16-17H,4,7,10,12H2,1H3. The van der Waals surface area contributed by atoms with Gasteiger partial charge in [0, 0.05) is 25.3 Å². The molecule has 2 heteroatoms. The van der Waals surface area contributed by atoms with Gasteiger partial charge in [-0.25, -0.2) is 0 Å². The minimum absolute atomic E-state index is 0.625. The minimum atomic E-state index is 0.625. The van der Waals surface area contributed by atoms with E-state index in [0.29, 0.717) is 6.04 Å². The van der Waals surface area contributed by atoms with Crippen molar-refractivity contribution in [1.29, 1.82) is 0 Å². The van der Waals surface area contributed by atoms with Crippen LogP contribution in [0.2, 0.25) is 0 Å². The molecule has 0 radical (unpaired) electrons. The Morgan fingerprint density at radius 3 is 2.72 bits per heavy atom. The first-order valence-corrected chi connectivity index (χ1v) is 6.77. The minimum Gasteiger partial charge on any atom is -0.370 e. The molecule has 18 heavy (non-hydrogen) atoms. The zero-order valence-corrected chi connectivity index (χ0v) is 10.9. The molecule has 0 saturated carbocycles. The van der Waals surface area contributed by atoms with Crippen LogP contribution in [-0.4, -0.2) is 26.2 Å². The van der Waals surface area contributed by atoms with Gasteiger partial charge in [0.15, 0.2) is 0 Å². The molecule has 1 heterocycles. The van der Waals surface area contributed by atoms with E-state index < -0.39 is 0 Å². The lowest BCUT2D eigenvalue weighted by atomic mass is 10.0. The number of benzene rings is 2. The van der Waals surface area contributed by atoms with Gasteiger partial charge in [-0.2, -0.15) is 0 Å². The van der Waals surface area contributed by atoms with Gasteiger partial charge in [0.25, 0.3) is 0 Å². The largest absolute Gasteiger partial charge is 0.370 e. The summed E-state index contributed by atoms with van der Waals surface area (Å²) in [7, 11) is 2.21. The van der Waals surface area contributed by atoms with Crippen molar-refractivity contribution >= 4 is 16.5 Å². The maximum absolute atomic E-state index is 3.48. The summed E-state index contributed by atoms with van der Waals surface area (Å²) < 4.78 is 0. The van der Waals surface area contributed by atoms with Crippen LogP contribution in [0, 0.1) is 0 Å². The first-order valence-electron chi connectivity index (χ1n) is 6.77. The number of rotatable bonds is 2. The van der Waals surface area contributed by atoms with Gasteiger partial charge in [-0.05, 0) is 42.3 Å². The second-order valence-corrected chi connectivity index (χ2v) is 5.14. The molecule has 1 aliphatic heterocycles. The topological polar surface area (TPSA) is 15.3 Å².